The van der Waals surface area contributed by atoms with E-state index in [9.17, 15) is 17.6 Å². The highest BCUT2D eigenvalue weighted by atomic mass is 32.2. The Bertz CT molecular complexity index is 1320. The Morgan fingerprint density at radius 3 is 2.76 bits per heavy atom. The summed E-state index contributed by atoms with van der Waals surface area (Å²) >= 11 is 6.09. The molecule has 1 aliphatic heterocycles. The van der Waals surface area contributed by atoms with Gasteiger partial charge in [0.2, 0.25) is 10.0 Å². The number of rotatable bonds is 4. The molecule has 1 aliphatic rings. The number of thioether (sulfide) groups is 1. The zero-order chi connectivity index (χ0) is 20.8. The lowest BCUT2D eigenvalue weighted by Crippen LogP contribution is -2.19. The van der Waals surface area contributed by atoms with Crippen LogP contribution in [0.25, 0.3) is 28.2 Å². The van der Waals surface area contributed by atoms with E-state index in [1.54, 1.807) is 18.3 Å². The number of nitrogens with one attached hydrogen (secondary N) is 2. The van der Waals surface area contributed by atoms with Crippen molar-refractivity contribution in [3.05, 3.63) is 53.1 Å². The molecule has 3 aromatic rings. The van der Waals surface area contributed by atoms with Crippen LogP contribution < -0.4 is 10.0 Å². The number of nitrogens with zero attached hydrogens (tertiary/aromatic N) is 1. The summed E-state index contributed by atoms with van der Waals surface area (Å²) in [7, 11) is -2.70. The lowest BCUT2D eigenvalue weighted by atomic mass is 10.1. The van der Waals surface area contributed by atoms with Gasteiger partial charge in [0.25, 0.3) is 5.91 Å². The van der Waals surface area contributed by atoms with E-state index >= 15 is 0 Å². The SMILES string of the molecule is CNS(=O)(=O)c1ccc(-c2cncc3cc(/C=C4\SC(=S)NC4=O)oc23)cc1F. The van der Waals surface area contributed by atoms with E-state index in [1.807, 2.05) is 0 Å². The second kappa shape index (κ2) is 7.34. The molecule has 1 fully saturated rings. The van der Waals surface area contributed by atoms with Gasteiger partial charge in [-0.05, 0) is 30.8 Å². The molecule has 11 heteroatoms. The minimum absolute atomic E-state index is 0.304. The van der Waals surface area contributed by atoms with Crippen molar-refractivity contribution in [2.45, 2.75) is 4.90 Å². The van der Waals surface area contributed by atoms with Crippen LogP contribution in [0.3, 0.4) is 0 Å². The number of amides is 1. The van der Waals surface area contributed by atoms with Crippen LogP contribution in [0, 0.1) is 5.82 Å². The highest BCUT2D eigenvalue weighted by Crippen LogP contribution is 2.33. The summed E-state index contributed by atoms with van der Waals surface area (Å²) in [6, 6.07) is 5.47. The molecule has 3 heterocycles. The predicted molar refractivity (Wildman–Crippen MR) is 112 cm³/mol. The van der Waals surface area contributed by atoms with E-state index in [-0.39, 0.29) is 5.91 Å². The Morgan fingerprint density at radius 1 is 1.31 bits per heavy atom. The van der Waals surface area contributed by atoms with E-state index in [0.717, 1.165) is 17.8 Å². The minimum atomic E-state index is -3.91. The number of aromatic nitrogens is 1. The number of hydrogen-bond donors (Lipinski definition) is 2. The lowest BCUT2D eigenvalue weighted by Gasteiger charge is -2.07. The van der Waals surface area contributed by atoms with Gasteiger partial charge in [-0.25, -0.2) is 17.5 Å². The van der Waals surface area contributed by atoms with Gasteiger partial charge in [0, 0.05) is 29.4 Å². The maximum atomic E-state index is 14.4. The summed E-state index contributed by atoms with van der Waals surface area (Å²) in [6.07, 6.45) is 4.63. The fourth-order valence-electron chi connectivity index (χ4n) is 2.81. The molecule has 2 aromatic heterocycles. The van der Waals surface area contributed by atoms with Crippen molar-refractivity contribution in [3.8, 4) is 11.1 Å². The normalized spacial score (nSPS) is 16.0. The Hall–Kier alpha value is -2.60. The molecule has 0 radical (unpaired) electrons. The summed E-state index contributed by atoms with van der Waals surface area (Å²) in [5, 5.41) is 3.17. The average molecular weight is 450 g/mol. The molecule has 1 amide bonds. The molecule has 0 saturated carbocycles. The smallest absolute Gasteiger partial charge is 0.263 e. The number of fused-ring (bicyclic) bond motifs is 1. The van der Waals surface area contributed by atoms with E-state index in [0.29, 0.717) is 37.1 Å². The summed E-state index contributed by atoms with van der Waals surface area (Å²) < 4.78 is 46.5. The number of benzene rings is 1. The standard InChI is InChI=1S/C18H12FN3O4S3/c1-20-29(24,25)15-3-2-9(5-13(15)19)12-8-21-7-10-4-11(26-16(10)12)6-14-17(23)22-18(27)28-14/h2-8,20H,1H3,(H,22,23,27)/b14-6-. The molecule has 2 N–H and O–H groups in total. The molecule has 0 unspecified atom stereocenters. The Kier molecular flexibility index (Phi) is 4.99. The van der Waals surface area contributed by atoms with Gasteiger partial charge in [0.1, 0.15) is 26.4 Å². The van der Waals surface area contributed by atoms with Crippen molar-refractivity contribution in [2.75, 3.05) is 7.05 Å². The van der Waals surface area contributed by atoms with Crippen molar-refractivity contribution in [1.29, 1.82) is 0 Å². The van der Waals surface area contributed by atoms with Crippen LogP contribution in [0.5, 0.6) is 0 Å². The molecular weight excluding hydrogens is 437 g/mol. The Balaban J connectivity index is 1.79. The molecule has 0 spiro atoms. The highest BCUT2D eigenvalue weighted by molar-refractivity contribution is 8.26. The van der Waals surface area contributed by atoms with Crippen LogP contribution in [-0.2, 0) is 14.8 Å². The Labute approximate surface area is 174 Å². The molecule has 0 bridgehead atoms. The van der Waals surface area contributed by atoms with Gasteiger partial charge in [-0.15, -0.1) is 0 Å². The first-order valence-corrected chi connectivity index (χ1v) is 10.8. The van der Waals surface area contributed by atoms with Crippen molar-refractivity contribution in [3.63, 3.8) is 0 Å². The van der Waals surface area contributed by atoms with Gasteiger partial charge in [0.15, 0.2) is 0 Å². The first-order chi connectivity index (χ1) is 13.8. The third kappa shape index (κ3) is 3.69. The summed E-state index contributed by atoms with van der Waals surface area (Å²) in [5.74, 6) is -0.788. The zero-order valence-corrected chi connectivity index (χ0v) is 17.2. The van der Waals surface area contributed by atoms with Gasteiger partial charge in [-0.3, -0.25) is 9.78 Å². The van der Waals surface area contributed by atoms with E-state index in [1.165, 1.54) is 25.4 Å². The molecule has 0 atom stereocenters. The number of sulfonamides is 1. The van der Waals surface area contributed by atoms with Gasteiger partial charge < -0.3 is 9.73 Å². The van der Waals surface area contributed by atoms with Crippen molar-refractivity contribution in [2.24, 2.45) is 0 Å². The summed E-state index contributed by atoms with van der Waals surface area (Å²) in [5.41, 5.74) is 1.32. The molecule has 29 heavy (non-hydrogen) atoms. The Morgan fingerprint density at radius 2 is 2.10 bits per heavy atom. The van der Waals surface area contributed by atoms with Crippen molar-refractivity contribution >= 4 is 61.3 Å². The molecule has 7 nitrogen and oxygen atoms in total. The van der Waals surface area contributed by atoms with Gasteiger partial charge >= 0.3 is 0 Å². The van der Waals surface area contributed by atoms with Crippen molar-refractivity contribution in [1.82, 2.24) is 15.0 Å². The van der Waals surface area contributed by atoms with E-state index in [2.05, 4.69) is 15.0 Å². The van der Waals surface area contributed by atoms with Gasteiger partial charge in [-0.1, -0.05) is 30.0 Å². The monoisotopic (exact) mass is 449 g/mol. The number of halogens is 1. The summed E-state index contributed by atoms with van der Waals surface area (Å²) in [4.78, 5) is 15.9. The molecule has 1 saturated heterocycles. The minimum Gasteiger partial charge on any atom is -0.456 e. The number of pyridine rings is 1. The largest absolute Gasteiger partial charge is 0.456 e. The predicted octanol–water partition coefficient (Wildman–Crippen LogP) is 3.03. The fraction of sp³-hybridized carbons (Fsp3) is 0.0556. The van der Waals surface area contributed by atoms with Crippen LogP contribution in [0.4, 0.5) is 4.39 Å². The third-order valence-electron chi connectivity index (χ3n) is 4.16. The van der Waals surface area contributed by atoms with Gasteiger partial charge in [0.05, 0.1) is 4.91 Å². The fourth-order valence-corrected chi connectivity index (χ4v) is 4.61. The topological polar surface area (TPSA) is 101 Å². The molecule has 0 aliphatic carbocycles. The second-order valence-electron chi connectivity index (χ2n) is 5.96. The van der Waals surface area contributed by atoms with Crippen LogP contribution in [0.2, 0.25) is 0 Å². The number of carbonyl (C=O) groups excluding carboxylic acids is 1. The molecular formula is C18H12FN3O4S3. The maximum absolute atomic E-state index is 14.4. The molecule has 1 aromatic carbocycles. The van der Waals surface area contributed by atoms with Crippen LogP contribution in [0.15, 0.2) is 50.9 Å². The number of carbonyl (C=O) groups is 1. The lowest BCUT2D eigenvalue weighted by molar-refractivity contribution is -0.115. The zero-order valence-electron chi connectivity index (χ0n) is 14.7. The number of thiocarbonyl (C=S) groups is 1. The van der Waals surface area contributed by atoms with Crippen molar-refractivity contribution < 1.29 is 22.0 Å². The first-order valence-electron chi connectivity index (χ1n) is 8.14. The first kappa shape index (κ1) is 19.7. The average Bonchev–Trinajstić information content (AvgIpc) is 3.23. The highest BCUT2D eigenvalue weighted by Gasteiger charge is 2.23. The van der Waals surface area contributed by atoms with Crippen LogP contribution in [0.1, 0.15) is 5.76 Å². The van der Waals surface area contributed by atoms with Crippen LogP contribution >= 0.6 is 24.0 Å². The van der Waals surface area contributed by atoms with Gasteiger partial charge in [-0.2, -0.15) is 0 Å². The molecule has 4 rings (SSSR count). The summed E-state index contributed by atoms with van der Waals surface area (Å²) in [6.45, 7) is 0. The second-order valence-corrected chi connectivity index (χ2v) is 9.53. The maximum Gasteiger partial charge on any atom is 0.263 e. The third-order valence-corrected chi connectivity index (χ3v) is 6.77. The number of furan rings is 1. The molecule has 148 valence electrons. The van der Waals surface area contributed by atoms with Crippen LogP contribution in [-0.4, -0.2) is 30.7 Å². The number of hydrogen-bond acceptors (Lipinski definition) is 7. The van der Waals surface area contributed by atoms with E-state index in [4.69, 9.17) is 16.6 Å². The quantitative estimate of drug-likeness (QED) is 0.466. The van der Waals surface area contributed by atoms with E-state index < -0.39 is 20.7 Å².